The van der Waals surface area contributed by atoms with E-state index in [0.29, 0.717) is 60.2 Å². The van der Waals surface area contributed by atoms with Gasteiger partial charge in [0.05, 0.1) is 17.8 Å². The molecule has 4 nitrogen and oxygen atoms in total. The summed E-state index contributed by atoms with van der Waals surface area (Å²) in [7, 11) is 0. The van der Waals surface area contributed by atoms with Crippen LogP contribution in [-0.4, -0.2) is 47.3 Å². The van der Waals surface area contributed by atoms with Gasteiger partial charge in [0, 0.05) is 31.4 Å². The van der Waals surface area contributed by atoms with Gasteiger partial charge in [-0.3, -0.25) is 9.37 Å². The maximum Gasteiger partial charge on any atom is 0.433 e. The van der Waals surface area contributed by atoms with Crippen LogP contribution in [0.25, 0.3) is 11.1 Å². The lowest BCUT2D eigenvalue weighted by Crippen LogP contribution is -2.47. The minimum atomic E-state index is -5.08. The molecule has 0 unspecified atom stereocenters. The highest BCUT2D eigenvalue weighted by Gasteiger charge is 2.40. The Kier molecular flexibility index (Phi) is 8.65. The lowest BCUT2D eigenvalue weighted by molar-refractivity contribution is -0.145. The predicted molar refractivity (Wildman–Crippen MR) is 147 cm³/mol. The number of allylic oxidation sites excluding steroid dienone is 1. The molecule has 0 amide bonds. The van der Waals surface area contributed by atoms with E-state index in [9.17, 15) is 40.6 Å². The number of benzene rings is 2. The van der Waals surface area contributed by atoms with E-state index in [2.05, 4.69) is 9.88 Å². The van der Waals surface area contributed by atoms with Crippen LogP contribution in [0.1, 0.15) is 68.7 Å². The number of hydrogen-bond acceptors (Lipinski definition) is 3. The fraction of sp³-hybridized carbons (Fsp3) is 0.375. The number of fused-ring (bicyclic) bond motifs is 1. The van der Waals surface area contributed by atoms with Crippen molar-refractivity contribution in [1.29, 1.82) is 0 Å². The smallest absolute Gasteiger partial charge is 0.433 e. The van der Waals surface area contributed by atoms with Crippen LogP contribution in [0.4, 0.5) is 30.7 Å². The summed E-state index contributed by atoms with van der Waals surface area (Å²) in [4.78, 5) is 17.2. The number of carboxylic acids is 1. The number of aromatic carboxylic acids is 1. The number of carboxylic acid groups (broad SMARTS) is 1. The molecule has 0 spiro atoms. The molecule has 0 radical (unpaired) electrons. The van der Waals surface area contributed by atoms with Crippen LogP contribution >= 0.6 is 0 Å². The third-order valence-corrected chi connectivity index (χ3v) is 8.03. The minimum Gasteiger partial charge on any atom is -0.478 e. The molecule has 43 heavy (non-hydrogen) atoms. The van der Waals surface area contributed by atoms with Gasteiger partial charge >= 0.3 is 18.3 Å². The Morgan fingerprint density at radius 2 is 1.65 bits per heavy atom. The second-order valence-corrected chi connectivity index (χ2v) is 11.1. The second kappa shape index (κ2) is 12.1. The first-order valence-electron chi connectivity index (χ1n) is 14.0. The Balaban J connectivity index is 1.60. The molecule has 2 aromatic carbocycles. The van der Waals surface area contributed by atoms with E-state index in [4.69, 9.17) is 0 Å². The number of hydrogen-bond donors (Lipinski definition) is 1. The number of aromatic nitrogens is 1. The molecule has 2 aliphatic rings. The lowest BCUT2D eigenvalue weighted by Gasteiger charge is -2.39. The zero-order chi connectivity index (χ0) is 30.9. The maximum absolute atomic E-state index is 14.2. The van der Waals surface area contributed by atoms with E-state index in [1.807, 2.05) is 12.1 Å². The van der Waals surface area contributed by atoms with Gasteiger partial charge in [0.25, 0.3) is 0 Å². The average molecular weight is 607 g/mol. The summed E-state index contributed by atoms with van der Waals surface area (Å²) in [5, 5.41) is 9.52. The van der Waals surface area contributed by atoms with Crippen molar-refractivity contribution in [3.05, 3.63) is 99.4 Å². The zero-order valence-corrected chi connectivity index (χ0v) is 23.0. The molecule has 228 valence electrons. The Labute approximate surface area is 243 Å². The van der Waals surface area contributed by atoms with Gasteiger partial charge < -0.3 is 10.0 Å². The van der Waals surface area contributed by atoms with Gasteiger partial charge in [-0.15, -0.1) is 0 Å². The first-order chi connectivity index (χ1) is 20.3. The molecular weight excluding hydrogens is 577 g/mol. The van der Waals surface area contributed by atoms with Crippen LogP contribution in [0.3, 0.4) is 0 Å². The SMILES string of the molecule is O=C(O)c1ccc2c(c1)CCCC(c1cnc(C(F)(F)F)cc1C(F)(F)F)=C2c1ccc(CC2CN(CCCF)C2)cc1. The second-order valence-electron chi connectivity index (χ2n) is 11.1. The van der Waals surface area contributed by atoms with Gasteiger partial charge in [-0.2, -0.15) is 26.3 Å². The molecule has 2 heterocycles. The number of aryl methyl sites for hydroxylation is 1. The van der Waals surface area contributed by atoms with E-state index in [-0.39, 0.29) is 30.3 Å². The van der Waals surface area contributed by atoms with Crippen molar-refractivity contribution in [1.82, 2.24) is 9.88 Å². The summed E-state index contributed by atoms with van der Waals surface area (Å²) in [6.07, 6.45) is -7.37. The molecule has 3 aromatic rings. The first kappa shape index (κ1) is 30.7. The molecule has 0 bridgehead atoms. The molecule has 1 aliphatic heterocycles. The molecule has 1 fully saturated rings. The molecule has 0 saturated carbocycles. The Bertz CT molecular complexity index is 1520. The lowest BCUT2D eigenvalue weighted by atomic mass is 9.85. The third kappa shape index (κ3) is 6.76. The molecule has 11 heteroatoms. The topological polar surface area (TPSA) is 53.4 Å². The standard InChI is InChI=1S/C32H29F7N2O2/c33-11-2-12-41-17-20(18-41)13-19-5-7-21(8-6-19)29-24-10-9-23(30(42)43)14-22(24)3-1-4-25(29)26-16-40-28(32(37,38)39)15-27(26)31(34,35)36/h5-10,14-16,20H,1-4,11-13,17-18H2,(H,42,43). The van der Waals surface area contributed by atoms with Gasteiger partial charge in [-0.25, -0.2) is 4.79 Å². The summed E-state index contributed by atoms with van der Waals surface area (Å²) in [5.41, 5.74) is -0.107. The Morgan fingerprint density at radius 1 is 0.930 bits per heavy atom. The van der Waals surface area contributed by atoms with Crippen LogP contribution in [0.15, 0.2) is 54.7 Å². The molecule has 5 rings (SSSR count). The van der Waals surface area contributed by atoms with Crippen molar-refractivity contribution >= 4 is 17.1 Å². The highest BCUT2D eigenvalue weighted by Crippen LogP contribution is 2.45. The van der Waals surface area contributed by atoms with E-state index in [1.165, 1.54) is 12.1 Å². The van der Waals surface area contributed by atoms with Crippen LogP contribution < -0.4 is 0 Å². The number of likely N-dealkylation sites (tertiary alicyclic amines) is 1. The van der Waals surface area contributed by atoms with Gasteiger partial charge in [0.2, 0.25) is 0 Å². The van der Waals surface area contributed by atoms with Crippen LogP contribution in [0, 0.1) is 5.92 Å². The zero-order valence-electron chi connectivity index (χ0n) is 23.0. The number of halogens is 7. The highest BCUT2D eigenvalue weighted by atomic mass is 19.4. The minimum absolute atomic E-state index is 0.0325. The molecule has 1 aliphatic carbocycles. The third-order valence-electron chi connectivity index (χ3n) is 8.03. The fourth-order valence-corrected chi connectivity index (χ4v) is 6.02. The van der Waals surface area contributed by atoms with Crippen molar-refractivity contribution in [3.8, 4) is 0 Å². The quantitative estimate of drug-likeness (QED) is 0.265. The maximum atomic E-state index is 14.2. The predicted octanol–water partition coefficient (Wildman–Crippen LogP) is 7.95. The monoisotopic (exact) mass is 606 g/mol. The average Bonchev–Trinajstić information content (AvgIpc) is 3.12. The van der Waals surface area contributed by atoms with E-state index in [0.717, 1.165) is 25.1 Å². The van der Waals surface area contributed by atoms with Crippen molar-refractivity contribution in [2.24, 2.45) is 5.92 Å². The Hall–Kier alpha value is -3.73. The molecule has 1 aromatic heterocycles. The molecule has 1 N–H and O–H groups in total. The summed E-state index contributed by atoms with van der Waals surface area (Å²) in [6, 6.07) is 11.8. The van der Waals surface area contributed by atoms with Crippen LogP contribution in [0.2, 0.25) is 0 Å². The molecule has 0 atom stereocenters. The van der Waals surface area contributed by atoms with Crippen molar-refractivity contribution < 1.29 is 40.6 Å². The largest absolute Gasteiger partial charge is 0.478 e. The number of alkyl halides is 7. The number of rotatable bonds is 8. The van der Waals surface area contributed by atoms with Crippen molar-refractivity contribution in [2.45, 2.75) is 44.5 Å². The van der Waals surface area contributed by atoms with Crippen molar-refractivity contribution in [2.75, 3.05) is 26.3 Å². The van der Waals surface area contributed by atoms with Crippen molar-refractivity contribution in [3.63, 3.8) is 0 Å². The van der Waals surface area contributed by atoms with Gasteiger partial charge in [-0.05, 0) is 89.6 Å². The first-order valence-corrected chi connectivity index (χ1v) is 14.0. The van der Waals surface area contributed by atoms with E-state index < -0.39 is 35.1 Å². The number of pyridine rings is 1. The summed E-state index contributed by atoms with van der Waals surface area (Å²) in [5.74, 6) is -0.742. The van der Waals surface area contributed by atoms with Gasteiger partial charge in [0.15, 0.2) is 0 Å². The summed E-state index contributed by atoms with van der Waals surface area (Å²) < 4.78 is 95.3. The highest BCUT2D eigenvalue weighted by molar-refractivity contribution is 6.01. The Morgan fingerprint density at radius 3 is 2.28 bits per heavy atom. The summed E-state index contributed by atoms with van der Waals surface area (Å²) in [6.45, 7) is 2.08. The van der Waals surface area contributed by atoms with Crippen LogP contribution in [-0.2, 0) is 25.2 Å². The van der Waals surface area contributed by atoms with E-state index in [1.54, 1.807) is 18.2 Å². The van der Waals surface area contributed by atoms with Gasteiger partial charge in [0.1, 0.15) is 5.69 Å². The van der Waals surface area contributed by atoms with E-state index >= 15 is 0 Å². The number of nitrogens with zero attached hydrogens (tertiary/aromatic N) is 2. The summed E-state index contributed by atoms with van der Waals surface area (Å²) >= 11 is 0. The fourth-order valence-electron chi connectivity index (χ4n) is 6.02. The molecule has 1 saturated heterocycles. The normalized spacial score (nSPS) is 16.5. The molecular formula is C32H29F7N2O2. The number of carbonyl (C=O) groups is 1. The van der Waals surface area contributed by atoms with Gasteiger partial charge in [-0.1, -0.05) is 30.3 Å². The van der Waals surface area contributed by atoms with Crippen LogP contribution in [0.5, 0.6) is 0 Å².